The third-order valence-electron chi connectivity index (χ3n) is 5.32. The molecule has 7 heteroatoms. The Hall–Kier alpha value is -2.54. The highest BCUT2D eigenvalue weighted by molar-refractivity contribution is 5.74. The van der Waals surface area contributed by atoms with Gasteiger partial charge in [0.15, 0.2) is 0 Å². The summed E-state index contributed by atoms with van der Waals surface area (Å²) in [7, 11) is 0. The van der Waals surface area contributed by atoms with Crippen LogP contribution >= 0.6 is 0 Å². The molecule has 1 atom stereocenters. The summed E-state index contributed by atoms with van der Waals surface area (Å²) in [6.45, 7) is 2.00. The number of aryl methyl sites for hydroxylation is 1. The number of aliphatic hydroxyl groups is 1. The van der Waals surface area contributed by atoms with Gasteiger partial charge in [-0.05, 0) is 48.6 Å². The van der Waals surface area contributed by atoms with Gasteiger partial charge in [-0.2, -0.15) is 13.2 Å². The molecule has 2 aromatic rings. The average molecular weight is 392 g/mol. The van der Waals surface area contributed by atoms with Crippen LogP contribution in [0.15, 0.2) is 48.5 Å². The quantitative estimate of drug-likeness (QED) is 0.694. The molecular weight excluding hydrogens is 369 g/mol. The second kappa shape index (κ2) is 7.83. The van der Waals surface area contributed by atoms with Crippen LogP contribution in [0.2, 0.25) is 0 Å². The second-order valence-electron chi connectivity index (χ2n) is 7.27. The number of hydrogen-bond donors (Lipinski definition) is 3. The van der Waals surface area contributed by atoms with Crippen molar-refractivity contribution in [1.82, 2.24) is 10.6 Å². The number of benzene rings is 2. The fourth-order valence-corrected chi connectivity index (χ4v) is 3.39. The van der Waals surface area contributed by atoms with E-state index in [1.165, 1.54) is 12.1 Å². The Bertz CT molecular complexity index is 830. The Balaban J connectivity index is 1.60. The number of aliphatic hydroxyl groups excluding tert-OH is 1. The van der Waals surface area contributed by atoms with Gasteiger partial charge in [0, 0.05) is 12.0 Å². The van der Waals surface area contributed by atoms with Crippen molar-refractivity contribution in [3.63, 3.8) is 0 Å². The number of urea groups is 1. The number of amides is 2. The fraction of sp³-hybridized carbons (Fsp3) is 0.381. The molecule has 0 aliphatic heterocycles. The molecule has 2 aromatic carbocycles. The summed E-state index contributed by atoms with van der Waals surface area (Å²) >= 11 is 0. The lowest BCUT2D eigenvalue weighted by Crippen LogP contribution is -2.42. The maximum Gasteiger partial charge on any atom is 0.416 e. The van der Waals surface area contributed by atoms with Gasteiger partial charge in [-0.15, -0.1) is 0 Å². The monoisotopic (exact) mass is 392 g/mol. The molecule has 1 aliphatic carbocycles. The van der Waals surface area contributed by atoms with Crippen LogP contribution in [0.25, 0.3) is 0 Å². The zero-order valence-corrected chi connectivity index (χ0v) is 15.5. The molecule has 0 heterocycles. The first-order chi connectivity index (χ1) is 13.2. The Labute approximate surface area is 161 Å². The van der Waals surface area contributed by atoms with Crippen molar-refractivity contribution in [3.05, 3.63) is 70.8 Å². The van der Waals surface area contributed by atoms with Crippen molar-refractivity contribution in [2.45, 2.75) is 37.4 Å². The van der Waals surface area contributed by atoms with E-state index in [0.717, 1.165) is 41.7 Å². The van der Waals surface area contributed by atoms with Gasteiger partial charge in [0.05, 0.1) is 18.2 Å². The maximum absolute atomic E-state index is 12.7. The van der Waals surface area contributed by atoms with Crippen LogP contribution in [0.3, 0.4) is 0 Å². The van der Waals surface area contributed by atoms with Gasteiger partial charge in [-0.3, -0.25) is 0 Å². The predicted molar refractivity (Wildman–Crippen MR) is 99.9 cm³/mol. The molecule has 4 nitrogen and oxygen atoms in total. The lowest BCUT2D eigenvalue weighted by atomic mass is 9.95. The molecule has 0 aromatic heterocycles. The number of nitrogens with one attached hydrogen (secondary N) is 2. The van der Waals surface area contributed by atoms with Crippen molar-refractivity contribution in [3.8, 4) is 0 Å². The summed E-state index contributed by atoms with van der Waals surface area (Å²) in [4.78, 5) is 12.3. The highest BCUT2D eigenvalue weighted by Crippen LogP contribution is 2.48. The summed E-state index contributed by atoms with van der Waals surface area (Å²) in [6, 6.07) is 11.7. The standard InChI is InChI=1S/C21H23F3N2O2/c1-14-4-2-3-5-17(14)18(12-27)26-19(28)25-13-20(10-11-20)15-6-8-16(9-7-15)21(22,23)24/h2-9,18,27H,10-13H2,1H3,(H2,25,26,28). The van der Waals surface area contributed by atoms with Crippen LogP contribution in [0, 0.1) is 6.92 Å². The second-order valence-corrected chi connectivity index (χ2v) is 7.27. The summed E-state index contributed by atoms with van der Waals surface area (Å²) in [6.07, 6.45) is -2.75. The minimum atomic E-state index is -4.36. The maximum atomic E-state index is 12.7. The zero-order chi connectivity index (χ0) is 20.4. The van der Waals surface area contributed by atoms with Crippen molar-refractivity contribution in [2.24, 2.45) is 0 Å². The molecular formula is C21H23F3N2O2. The van der Waals surface area contributed by atoms with E-state index >= 15 is 0 Å². The van der Waals surface area contributed by atoms with E-state index < -0.39 is 23.8 Å². The van der Waals surface area contributed by atoms with Gasteiger partial charge < -0.3 is 15.7 Å². The molecule has 3 rings (SSSR count). The highest BCUT2D eigenvalue weighted by atomic mass is 19.4. The molecule has 0 bridgehead atoms. The molecule has 3 N–H and O–H groups in total. The number of alkyl halides is 3. The first-order valence-corrected chi connectivity index (χ1v) is 9.14. The summed E-state index contributed by atoms with van der Waals surface area (Å²) in [5.41, 5.74) is 1.59. The Morgan fingerprint density at radius 3 is 2.32 bits per heavy atom. The molecule has 0 radical (unpaired) electrons. The number of carbonyl (C=O) groups is 1. The Morgan fingerprint density at radius 1 is 1.14 bits per heavy atom. The third kappa shape index (κ3) is 4.47. The van der Waals surface area contributed by atoms with Crippen molar-refractivity contribution < 1.29 is 23.1 Å². The largest absolute Gasteiger partial charge is 0.416 e. The lowest BCUT2D eigenvalue weighted by Gasteiger charge is -2.21. The van der Waals surface area contributed by atoms with Crippen LogP contribution in [-0.4, -0.2) is 24.3 Å². The molecule has 1 fully saturated rings. The smallest absolute Gasteiger partial charge is 0.394 e. The molecule has 28 heavy (non-hydrogen) atoms. The average Bonchev–Trinajstić information content (AvgIpc) is 3.46. The molecule has 1 saturated carbocycles. The SMILES string of the molecule is Cc1ccccc1C(CO)NC(=O)NCC1(c2ccc(C(F)(F)F)cc2)CC1. The van der Waals surface area contributed by atoms with Gasteiger partial charge in [0.1, 0.15) is 0 Å². The van der Waals surface area contributed by atoms with Gasteiger partial charge in [0.2, 0.25) is 0 Å². The normalized spacial score (nSPS) is 16.3. The predicted octanol–water partition coefficient (Wildman–Crippen LogP) is 4.08. The summed E-state index contributed by atoms with van der Waals surface area (Å²) in [5, 5.41) is 15.2. The molecule has 150 valence electrons. The topological polar surface area (TPSA) is 61.4 Å². The van der Waals surface area contributed by atoms with Crippen LogP contribution in [0.4, 0.5) is 18.0 Å². The fourth-order valence-electron chi connectivity index (χ4n) is 3.39. The number of rotatable bonds is 6. The van der Waals surface area contributed by atoms with Gasteiger partial charge >= 0.3 is 12.2 Å². The van der Waals surface area contributed by atoms with Crippen LogP contribution in [0.1, 0.15) is 41.1 Å². The van der Waals surface area contributed by atoms with E-state index in [0.29, 0.717) is 6.54 Å². The van der Waals surface area contributed by atoms with E-state index in [-0.39, 0.29) is 12.0 Å². The highest BCUT2D eigenvalue weighted by Gasteiger charge is 2.44. The van der Waals surface area contributed by atoms with Gasteiger partial charge in [0.25, 0.3) is 0 Å². The molecule has 1 aliphatic rings. The molecule has 2 amide bonds. The van der Waals surface area contributed by atoms with Crippen LogP contribution < -0.4 is 10.6 Å². The Morgan fingerprint density at radius 2 is 1.79 bits per heavy atom. The van der Waals surface area contributed by atoms with Gasteiger partial charge in [-0.1, -0.05) is 36.4 Å². The van der Waals surface area contributed by atoms with E-state index in [4.69, 9.17) is 0 Å². The molecule has 0 spiro atoms. The number of hydrogen-bond acceptors (Lipinski definition) is 2. The van der Waals surface area contributed by atoms with E-state index in [2.05, 4.69) is 10.6 Å². The van der Waals surface area contributed by atoms with E-state index in [1.807, 2.05) is 31.2 Å². The minimum absolute atomic E-state index is 0.234. The summed E-state index contributed by atoms with van der Waals surface area (Å²) < 4.78 is 38.2. The van der Waals surface area contributed by atoms with Crippen molar-refractivity contribution in [2.75, 3.05) is 13.2 Å². The zero-order valence-electron chi connectivity index (χ0n) is 15.5. The number of carbonyl (C=O) groups excluding carboxylic acids is 1. The molecule has 0 saturated heterocycles. The van der Waals surface area contributed by atoms with Crippen molar-refractivity contribution >= 4 is 6.03 Å². The third-order valence-corrected chi connectivity index (χ3v) is 5.32. The minimum Gasteiger partial charge on any atom is -0.394 e. The van der Waals surface area contributed by atoms with E-state index in [1.54, 1.807) is 0 Å². The number of halogens is 3. The Kier molecular flexibility index (Phi) is 5.65. The van der Waals surface area contributed by atoms with E-state index in [9.17, 15) is 23.1 Å². The lowest BCUT2D eigenvalue weighted by molar-refractivity contribution is -0.137. The first kappa shape index (κ1) is 20.2. The van der Waals surface area contributed by atoms with Crippen LogP contribution in [0.5, 0.6) is 0 Å². The summed E-state index contributed by atoms with van der Waals surface area (Å²) in [5.74, 6) is 0. The van der Waals surface area contributed by atoms with Crippen LogP contribution in [-0.2, 0) is 11.6 Å². The van der Waals surface area contributed by atoms with Crippen molar-refractivity contribution in [1.29, 1.82) is 0 Å². The molecule has 1 unspecified atom stereocenters. The first-order valence-electron chi connectivity index (χ1n) is 9.14. The van der Waals surface area contributed by atoms with Gasteiger partial charge in [-0.25, -0.2) is 4.79 Å².